The predicted molar refractivity (Wildman–Crippen MR) is 74.5 cm³/mol. The van der Waals surface area contributed by atoms with Crippen molar-refractivity contribution in [1.29, 1.82) is 0 Å². The Morgan fingerprint density at radius 2 is 2.06 bits per heavy atom. The van der Waals surface area contributed by atoms with Gasteiger partial charge in [0.05, 0.1) is 4.21 Å². The van der Waals surface area contributed by atoms with E-state index in [9.17, 15) is 0 Å². The highest BCUT2D eigenvalue weighted by molar-refractivity contribution is 8.01. The zero-order valence-corrected chi connectivity index (χ0v) is 11.6. The topological polar surface area (TPSA) is 12.0 Å². The lowest BCUT2D eigenvalue weighted by Crippen LogP contribution is -2.36. The van der Waals surface area contributed by atoms with Crippen molar-refractivity contribution in [2.45, 2.75) is 54.0 Å². The summed E-state index contributed by atoms with van der Waals surface area (Å²) < 4.78 is 1.48. The van der Waals surface area contributed by atoms with Crippen LogP contribution in [0.2, 0.25) is 0 Å². The van der Waals surface area contributed by atoms with E-state index >= 15 is 0 Å². The van der Waals surface area contributed by atoms with Crippen LogP contribution < -0.4 is 5.32 Å². The summed E-state index contributed by atoms with van der Waals surface area (Å²) in [6.45, 7) is 0. The minimum atomic E-state index is 0.701. The predicted octanol–water partition coefficient (Wildman–Crippen LogP) is 4.15. The van der Waals surface area contributed by atoms with Crippen LogP contribution in [-0.4, -0.2) is 18.3 Å². The second-order valence-electron chi connectivity index (χ2n) is 4.48. The van der Waals surface area contributed by atoms with Crippen molar-refractivity contribution in [2.24, 2.45) is 0 Å². The maximum Gasteiger partial charge on any atom is 0.0601 e. The molecule has 16 heavy (non-hydrogen) atoms. The summed E-state index contributed by atoms with van der Waals surface area (Å²) in [4.78, 5) is 0. The van der Waals surface area contributed by atoms with E-state index in [1.807, 2.05) is 11.3 Å². The highest BCUT2D eigenvalue weighted by Gasteiger charge is 2.22. The molecule has 1 nitrogen and oxygen atoms in total. The van der Waals surface area contributed by atoms with Gasteiger partial charge in [-0.15, -0.1) is 23.1 Å². The van der Waals surface area contributed by atoms with Crippen molar-refractivity contribution in [1.82, 2.24) is 5.32 Å². The van der Waals surface area contributed by atoms with E-state index in [4.69, 9.17) is 0 Å². The molecule has 1 heterocycles. The molecule has 2 rings (SSSR count). The first-order valence-electron chi connectivity index (χ1n) is 6.27. The Balaban J connectivity index is 1.96. The Morgan fingerprint density at radius 1 is 1.25 bits per heavy atom. The average molecular weight is 255 g/mol. The number of hydrogen-bond donors (Lipinski definition) is 1. The highest BCUT2D eigenvalue weighted by atomic mass is 32.2. The monoisotopic (exact) mass is 255 g/mol. The zero-order chi connectivity index (χ0) is 11.2. The van der Waals surface area contributed by atoms with Crippen LogP contribution in [0.1, 0.15) is 38.5 Å². The average Bonchev–Trinajstić information content (AvgIpc) is 2.75. The fourth-order valence-electron chi connectivity index (χ4n) is 2.40. The molecule has 1 aliphatic carbocycles. The smallest absolute Gasteiger partial charge is 0.0601 e. The number of nitrogens with one attached hydrogen (secondary N) is 1. The molecule has 2 atom stereocenters. The van der Waals surface area contributed by atoms with Gasteiger partial charge >= 0.3 is 0 Å². The Hall–Kier alpha value is 0.01000. The first-order valence-corrected chi connectivity index (χ1v) is 8.03. The molecule has 0 bridgehead atoms. The van der Waals surface area contributed by atoms with Gasteiger partial charge in [-0.25, -0.2) is 0 Å². The second-order valence-corrected chi connectivity index (χ2v) is 6.96. The van der Waals surface area contributed by atoms with Gasteiger partial charge in [-0.3, -0.25) is 0 Å². The summed E-state index contributed by atoms with van der Waals surface area (Å²) in [5.74, 6) is 0. The second kappa shape index (κ2) is 6.67. The normalized spacial score (nSPS) is 27.3. The molecule has 0 spiro atoms. The third kappa shape index (κ3) is 3.51. The minimum absolute atomic E-state index is 0.701. The molecule has 1 N–H and O–H groups in total. The highest BCUT2D eigenvalue weighted by Crippen LogP contribution is 2.34. The van der Waals surface area contributed by atoms with E-state index in [0.717, 1.165) is 5.25 Å². The fraction of sp³-hybridized carbons (Fsp3) is 0.692. The van der Waals surface area contributed by atoms with Crippen molar-refractivity contribution in [3.63, 3.8) is 0 Å². The molecule has 0 aliphatic heterocycles. The van der Waals surface area contributed by atoms with Crippen molar-refractivity contribution >= 4 is 23.1 Å². The van der Waals surface area contributed by atoms with E-state index in [-0.39, 0.29) is 0 Å². The third-order valence-corrected chi connectivity index (χ3v) is 5.81. The van der Waals surface area contributed by atoms with Gasteiger partial charge in [-0.05, 0) is 31.3 Å². The first-order chi connectivity index (χ1) is 7.90. The lowest BCUT2D eigenvalue weighted by Gasteiger charge is -2.28. The first kappa shape index (κ1) is 12.5. The Morgan fingerprint density at radius 3 is 2.75 bits per heavy atom. The number of hydrogen-bond acceptors (Lipinski definition) is 3. The van der Waals surface area contributed by atoms with Crippen LogP contribution in [-0.2, 0) is 0 Å². The Bertz CT molecular complexity index is 284. The summed E-state index contributed by atoms with van der Waals surface area (Å²) in [6.07, 6.45) is 8.37. The number of rotatable bonds is 3. The molecule has 1 aromatic rings. The van der Waals surface area contributed by atoms with E-state index in [1.165, 1.54) is 42.7 Å². The van der Waals surface area contributed by atoms with Crippen LogP contribution in [0.5, 0.6) is 0 Å². The number of thiophene rings is 1. The maximum absolute atomic E-state index is 3.52. The van der Waals surface area contributed by atoms with Crippen LogP contribution in [0.15, 0.2) is 21.7 Å². The molecular formula is C13H21NS2. The lowest BCUT2D eigenvalue weighted by molar-refractivity contribution is 0.420. The molecule has 0 saturated heterocycles. The van der Waals surface area contributed by atoms with Crippen LogP contribution in [0.4, 0.5) is 0 Å². The van der Waals surface area contributed by atoms with Gasteiger partial charge < -0.3 is 5.32 Å². The van der Waals surface area contributed by atoms with Crippen LogP contribution in [0.3, 0.4) is 0 Å². The van der Waals surface area contributed by atoms with Gasteiger partial charge in [0.25, 0.3) is 0 Å². The quantitative estimate of drug-likeness (QED) is 0.871. The fourth-order valence-corrected chi connectivity index (χ4v) is 4.79. The molecule has 0 amide bonds. The molecule has 3 heteroatoms. The SMILES string of the molecule is CNC1CCCCCCC1Sc1cccs1. The summed E-state index contributed by atoms with van der Waals surface area (Å²) in [5.41, 5.74) is 0. The molecule has 1 aromatic heterocycles. The summed E-state index contributed by atoms with van der Waals surface area (Å²) >= 11 is 3.96. The van der Waals surface area contributed by atoms with Crippen molar-refractivity contribution in [2.75, 3.05) is 7.05 Å². The van der Waals surface area contributed by atoms with Crippen molar-refractivity contribution < 1.29 is 0 Å². The summed E-state index contributed by atoms with van der Waals surface area (Å²) in [5, 5.41) is 6.47. The van der Waals surface area contributed by atoms with E-state index < -0.39 is 0 Å². The van der Waals surface area contributed by atoms with E-state index in [0.29, 0.717) is 6.04 Å². The maximum atomic E-state index is 3.52. The molecule has 1 aliphatic rings. The molecule has 1 saturated carbocycles. The number of thioether (sulfide) groups is 1. The molecule has 0 radical (unpaired) electrons. The molecule has 90 valence electrons. The molecular weight excluding hydrogens is 234 g/mol. The summed E-state index contributed by atoms with van der Waals surface area (Å²) in [7, 11) is 2.12. The van der Waals surface area contributed by atoms with Crippen molar-refractivity contribution in [3.05, 3.63) is 17.5 Å². The van der Waals surface area contributed by atoms with Gasteiger partial charge in [-0.2, -0.15) is 0 Å². The Kier molecular flexibility index (Phi) is 5.20. The van der Waals surface area contributed by atoms with Gasteiger partial charge in [-0.1, -0.05) is 31.7 Å². The van der Waals surface area contributed by atoms with Gasteiger partial charge in [0.2, 0.25) is 0 Å². The van der Waals surface area contributed by atoms with Crippen LogP contribution >= 0.6 is 23.1 Å². The standard InChI is InChI=1S/C13H21NS2/c1-14-11-7-4-2-3-5-8-12(11)16-13-9-6-10-15-13/h6,9-12,14H,2-5,7-8H2,1H3. The lowest BCUT2D eigenvalue weighted by atomic mass is 9.96. The van der Waals surface area contributed by atoms with E-state index in [1.54, 1.807) is 0 Å². The minimum Gasteiger partial charge on any atom is -0.316 e. The van der Waals surface area contributed by atoms with Gasteiger partial charge in [0.1, 0.15) is 0 Å². The zero-order valence-electron chi connectivity index (χ0n) is 9.95. The summed E-state index contributed by atoms with van der Waals surface area (Å²) in [6, 6.07) is 5.11. The van der Waals surface area contributed by atoms with Gasteiger partial charge in [0.15, 0.2) is 0 Å². The molecule has 1 fully saturated rings. The molecule has 2 unspecified atom stereocenters. The van der Waals surface area contributed by atoms with Crippen LogP contribution in [0, 0.1) is 0 Å². The van der Waals surface area contributed by atoms with Gasteiger partial charge in [0, 0.05) is 11.3 Å². The largest absolute Gasteiger partial charge is 0.316 e. The molecule has 0 aromatic carbocycles. The van der Waals surface area contributed by atoms with Crippen molar-refractivity contribution in [3.8, 4) is 0 Å². The van der Waals surface area contributed by atoms with Crippen LogP contribution in [0.25, 0.3) is 0 Å². The third-order valence-electron chi connectivity index (χ3n) is 3.34. The van der Waals surface area contributed by atoms with E-state index in [2.05, 4.69) is 41.6 Å². The Labute approximate surface area is 107 Å².